The minimum atomic E-state index is -1.04. The van der Waals surface area contributed by atoms with E-state index in [4.69, 9.17) is 16.3 Å². The Hall–Kier alpha value is -4.26. The molecule has 0 bridgehead atoms. The molecular formula is C33H27ClN2O4. The van der Waals surface area contributed by atoms with Gasteiger partial charge in [0.05, 0.1) is 0 Å². The minimum Gasteiger partial charge on any atom is -0.480 e. The summed E-state index contributed by atoms with van der Waals surface area (Å²) in [7, 11) is 0. The highest BCUT2D eigenvalue weighted by Crippen LogP contribution is 2.30. The third-order valence-corrected chi connectivity index (χ3v) is 7.90. The summed E-state index contributed by atoms with van der Waals surface area (Å²) >= 11 is 6.51. The molecule has 0 radical (unpaired) electrons. The van der Waals surface area contributed by atoms with Crippen LogP contribution in [0.3, 0.4) is 0 Å². The molecule has 40 heavy (non-hydrogen) atoms. The molecule has 0 fully saturated rings. The number of benzene rings is 3. The molecule has 1 atom stereocenters. The maximum atomic E-state index is 13.8. The number of aliphatic carboxylic acids is 1. The molecule has 0 saturated carbocycles. The van der Waals surface area contributed by atoms with Gasteiger partial charge in [0.1, 0.15) is 18.5 Å². The van der Waals surface area contributed by atoms with Crippen molar-refractivity contribution >= 4 is 46.5 Å². The number of carboxylic acid groups (broad SMARTS) is 1. The number of nitrogens with one attached hydrogen (secondary N) is 1. The van der Waals surface area contributed by atoms with Crippen molar-refractivity contribution in [3.63, 3.8) is 0 Å². The van der Waals surface area contributed by atoms with Crippen LogP contribution in [-0.2, 0) is 16.0 Å². The van der Waals surface area contributed by atoms with Crippen LogP contribution in [0.25, 0.3) is 11.6 Å². The number of hydrogen-bond acceptors (Lipinski definition) is 5. The van der Waals surface area contributed by atoms with Crippen molar-refractivity contribution in [3.05, 3.63) is 121 Å². The summed E-state index contributed by atoms with van der Waals surface area (Å²) in [4.78, 5) is 29.6. The van der Waals surface area contributed by atoms with E-state index in [1.165, 1.54) is 0 Å². The number of aromatic nitrogens is 1. The van der Waals surface area contributed by atoms with Gasteiger partial charge in [-0.3, -0.25) is 4.79 Å². The smallest absolute Gasteiger partial charge is 0.329 e. The number of pyridine rings is 1. The highest BCUT2D eigenvalue weighted by atomic mass is 35.5. The molecule has 0 spiro atoms. The zero-order valence-electron chi connectivity index (χ0n) is 21.9. The lowest BCUT2D eigenvalue weighted by Crippen LogP contribution is -2.28. The van der Waals surface area contributed by atoms with Gasteiger partial charge < -0.3 is 15.2 Å². The Balaban J connectivity index is 1.44. The molecule has 1 heterocycles. The Morgan fingerprint density at radius 2 is 1.82 bits per heavy atom. The van der Waals surface area contributed by atoms with Crippen LogP contribution in [0.2, 0.25) is 5.02 Å². The van der Waals surface area contributed by atoms with Crippen molar-refractivity contribution in [2.75, 3.05) is 11.9 Å². The number of hydrogen-bond donors (Lipinski definition) is 2. The zero-order chi connectivity index (χ0) is 27.8. The van der Waals surface area contributed by atoms with Crippen molar-refractivity contribution in [2.24, 2.45) is 0 Å². The van der Waals surface area contributed by atoms with Gasteiger partial charge in [0.15, 0.2) is 5.78 Å². The molecule has 2 N–H and O–H groups in total. The Morgan fingerprint density at radius 1 is 1.00 bits per heavy atom. The van der Waals surface area contributed by atoms with E-state index in [1.54, 1.807) is 12.3 Å². The molecule has 2 aliphatic rings. The first-order valence-electron chi connectivity index (χ1n) is 13.2. The number of carbonyl (C=O) groups is 2. The van der Waals surface area contributed by atoms with E-state index < -0.39 is 18.7 Å². The van der Waals surface area contributed by atoms with E-state index in [2.05, 4.69) is 10.3 Å². The molecule has 1 unspecified atom stereocenters. The monoisotopic (exact) mass is 550 g/mol. The average Bonchev–Trinajstić information content (AvgIpc) is 2.97. The lowest BCUT2D eigenvalue weighted by Gasteiger charge is -2.25. The number of nitrogens with zero attached hydrogens (tertiary/aromatic N) is 1. The number of aryl methyl sites for hydroxylation is 1. The van der Waals surface area contributed by atoms with E-state index >= 15 is 0 Å². The molecular weight excluding hydrogens is 524 g/mol. The molecule has 6 nitrogen and oxygen atoms in total. The van der Waals surface area contributed by atoms with E-state index in [-0.39, 0.29) is 5.78 Å². The molecule has 2 aliphatic carbocycles. The van der Waals surface area contributed by atoms with Gasteiger partial charge in [0.25, 0.3) is 0 Å². The number of para-hydroxylation sites is 1. The van der Waals surface area contributed by atoms with Crippen molar-refractivity contribution in [3.8, 4) is 0 Å². The Kier molecular flexibility index (Phi) is 6.96. The summed E-state index contributed by atoms with van der Waals surface area (Å²) < 4.78 is 5.87. The topological polar surface area (TPSA) is 88.5 Å². The third-order valence-electron chi connectivity index (χ3n) is 7.58. The summed E-state index contributed by atoms with van der Waals surface area (Å²) in [5, 5.41) is 16.8. The van der Waals surface area contributed by atoms with Crippen molar-refractivity contribution in [1.82, 2.24) is 4.98 Å². The van der Waals surface area contributed by atoms with Crippen molar-refractivity contribution in [2.45, 2.75) is 32.3 Å². The number of ketones is 1. The number of carboxylic acids is 1. The first kappa shape index (κ1) is 26.0. The number of anilines is 2. The fourth-order valence-electron chi connectivity index (χ4n) is 5.69. The van der Waals surface area contributed by atoms with Crippen LogP contribution in [0.1, 0.15) is 46.0 Å². The second-order valence-corrected chi connectivity index (χ2v) is 10.5. The van der Waals surface area contributed by atoms with Gasteiger partial charge in [-0.25, -0.2) is 9.78 Å². The average molecular weight is 551 g/mol. The van der Waals surface area contributed by atoms with Crippen LogP contribution in [0.15, 0.2) is 72.9 Å². The first-order chi connectivity index (χ1) is 19.4. The number of Topliss-reactive ketones (excluding diaryl/α,β-unsaturated/α-hetero) is 1. The maximum absolute atomic E-state index is 13.8. The maximum Gasteiger partial charge on any atom is 0.329 e. The molecule has 200 valence electrons. The van der Waals surface area contributed by atoms with E-state index in [0.717, 1.165) is 61.7 Å². The van der Waals surface area contributed by atoms with E-state index in [0.29, 0.717) is 22.8 Å². The van der Waals surface area contributed by atoms with Gasteiger partial charge in [-0.05, 0) is 94.1 Å². The summed E-state index contributed by atoms with van der Waals surface area (Å²) in [6, 6.07) is 21.3. The third kappa shape index (κ3) is 4.81. The molecule has 0 amide bonds. The first-order valence-corrected chi connectivity index (χ1v) is 13.6. The lowest BCUT2D eigenvalue weighted by molar-refractivity contribution is -0.143. The number of fused-ring (bicyclic) bond motifs is 4. The second-order valence-electron chi connectivity index (χ2n) is 10.1. The van der Waals surface area contributed by atoms with Crippen LogP contribution in [0, 0.1) is 17.4 Å². The van der Waals surface area contributed by atoms with Crippen LogP contribution in [0.5, 0.6) is 0 Å². The van der Waals surface area contributed by atoms with Gasteiger partial charge >= 0.3 is 5.97 Å². The molecule has 6 rings (SSSR count). The van der Waals surface area contributed by atoms with Gasteiger partial charge in [0.2, 0.25) is 0 Å². The number of halogens is 1. The molecule has 1 aromatic heterocycles. The number of ether oxygens (including phenoxy) is 1. The minimum absolute atomic E-state index is 0.0536. The fourth-order valence-corrected chi connectivity index (χ4v) is 5.92. The molecule has 4 aromatic rings. The molecule has 0 aliphatic heterocycles. The van der Waals surface area contributed by atoms with E-state index in [9.17, 15) is 14.7 Å². The van der Waals surface area contributed by atoms with Gasteiger partial charge in [-0.2, -0.15) is 0 Å². The van der Waals surface area contributed by atoms with Crippen LogP contribution >= 0.6 is 11.6 Å². The Morgan fingerprint density at radius 3 is 2.60 bits per heavy atom. The molecule has 7 heteroatoms. The lowest BCUT2D eigenvalue weighted by atomic mass is 9.83. The highest BCUT2D eigenvalue weighted by Gasteiger charge is 2.26. The summed E-state index contributed by atoms with van der Waals surface area (Å²) in [6.07, 6.45) is 5.15. The fraction of sp³-hybridized carbons (Fsp3) is 0.182. The Labute approximate surface area is 235 Å². The van der Waals surface area contributed by atoms with Crippen LogP contribution in [-0.4, -0.2) is 28.4 Å². The Bertz CT molecular complexity index is 1880. The van der Waals surface area contributed by atoms with Gasteiger partial charge in [-0.1, -0.05) is 54.1 Å². The number of carbonyl (C=O) groups excluding carboxylic acids is 1. The number of rotatable bonds is 7. The quantitative estimate of drug-likeness (QED) is 0.300. The second kappa shape index (κ2) is 10.7. The zero-order valence-corrected chi connectivity index (χ0v) is 22.7. The largest absolute Gasteiger partial charge is 0.480 e. The van der Waals surface area contributed by atoms with Crippen molar-refractivity contribution in [1.29, 1.82) is 0 Å². The SMILES string of the molecule is Cc1ccccc1Nc1ccc(C(=O)C2=c3ccc4c(c3CCC2)C(OCC(=O)O)C=c2c(Cl)cccc2=4)cn1. The highest BCUT2D eigenvalue weighted by molar-refractivity contribution is 6.30. The van der Waals surface area contributed by atoms with Crippen molar-refractivity contribution < 1.29 is 19.4 Å². The van der Waals surface area contributed by atoms with Crippen LogP contribution < -0.4 is 15.8 Å². The molecule has 0 saturated heterocycles. The van der Waals surface area contributed by atoms with Gasteiger partial charge in [0, 0.05) is 28.0 Å². The normalized spacial score (nSPS) is 15.3. The summed E-state index contributed by atoms with van der Waals surface area (Å²) in [5.74, 6) is -0.428. The van der Waals surface area contributed by atoms with Crippen LogP contribution in [0.4, 0.5) is 11.5 Å². The van der Waals surface area contributed by atoms with E-state index in [1.807, 2.05) is 73.7 Å². The predicted molar refractivity (Wildman–Crippen MR) is 155 cm³/mol. The summed E-state index contributed by atoms with van der Waals surface area (Å²) in [6.45, 7) is 1.59. The summed E-state index contributed by atoms with van der Waals surface area (Å²) in [5.41, 5.74) is 5.27. The standard InChI is InChI=1S/C33H27ClN2O4/c1-19-6-2-3-11-28(19)36-30-15-12-20(17-35-30)33(39)25-9-4-8-23-22(25)13-14-24-21-7-5-10-27(34)26(21)16-29(32(23)24)40-18-31(37)38/h2-3,5-7,10-17,29H,4,8-9,18H2,1H3,(H,35,36)(H,37,38). The predicted octanol–water partition coefficient (Wildman–Crippen LogP) is 5.38. The van der Waals surface area contributed by atoms with Gasteiger partial charge in [-0.15, -0.1) is 0 Å². The molecule has 3 aromatic carbocycles.